The van der Waals surface area contributed by atoms with Crippen molar-refractivity contribution in [1.29, 1.82) is 0 Å². The topological polar surface area (TPSA) is 98.3 Å². The van der Waals surface area contributed by atoms with E-state index in [0.717, 1.165) is 56.7 Å². The van der Waals surface area contributed by atoms with E-state index in [9.17, 15) is 13.2 Å². The molecule has 1 fully saturated rings. The Hall–Kier alpha value is -2.71. The number of aryl methyl sites for hydroxylation is 2. The van der Waals surface area contributed by atoms with Crippen molar-refractivity contribution in [2.24, 2.45) is 11.1 Å². The van der Waals surface area contributed by atoms with Gasteiger partial charge in [0.1, 0.15) is 5.82 Å². The van der Waals surface area contributed by atoms with Crippen LogP contribution in [0.25, 0.3) is 11.0 Å². The third-order valence-corrected chi connectivity index (χ3v) is 7.38. The fraction of sp³-hybridized carbons (Fsp3) is 0.440. The summed E-state index contributed by atoms with van der Waals surface area (Å²) in [7, 11) is -3.79. The minimum Gasteiger partial charge on any atom is -0.343 e. The molecule has 1 aromatic heterocycles. The number of likely N-dealkylation sites (tertiary alicyclic amines) is 1. The largest absolute Gasteiger partial charge is 0.343 e. The van der Waals surface area contributed by atoms with Crippen molar-refractivity contribution < 1.29 is 13.2 Å². The molecule has 2 heterocycles. The molecule has 0 spiro atoms. The highest BCUT2D eigenvalue weighted by atomic mass is 32.2. The molecule has 2 aromatic carbocycles. The zero-order valence-corrected chi connectivity index (χ0v) is 19.9. The van der Waals surface area contributed by atoms with Crippen molar-refractivity contribution in [3.8, 4) is 0 Å². The molecule has 1 saturated heterocycles. The van der Waals surface area contributed by atoms with E-state index in [-0.39, 0.29) is 10.8 Å². The Morgan fingerprint density at radius 1 is 1.12 bits per heavy atom. The highest BCUT2D eigenvalue weighted by molar-refractivity contribution is 7.89. The average molecular weight is 469 g/mol. The monoisotopic (exact) mass is 468 g/mol. The van der Waals surface area contributed by atoms with Gasteiger partial charge < -0.3 is 9.47 Å². The zero-order chi connectivity index (χ0) is 23.4. The Morgan fingerprint density at radius 2 is 1.85 bits per heavy atom. The smallest absolute Gasteiger partial charge is 0.238 e. The molecule has 1 aliphatic rings. The number of nitrogens with two attached hydrogens (primary N) is 1. The molecular weight excluding hydrogens is 436 g/mol. The molecule has 4 rings (SSSR count). The molecule has 8 heteroatoms. The summed E-state index contributed by atoms with van der Waals surface area (Å²) < 4.78 is 25.5. The number of imidazole rings is 1. The van der Waals surface area contributed by atoms with Crippen LogP contribution < -0.4 is 5.14 Å². The molecule has 0 unspecified atom stereocenters. The molecule has 0 radical (unpaired) electrons. The van der Waals surface area contributed by atoms with E-state index in [1.807, 2.05) is 11.0 Å². The number of rotatable bonds is 8. The summed E-state index contributed by atoms with van der Waals surface area (Å²) in [4.78, 5) is 19.6. The van der Waals surface area contributed by atoms with Crippen molar-refractivity contribution in [3.05, 3.63) is 59.9 Å². The highest BCUT2D eigenvalue weighted by Gasteiger charge is 2.23. The van der Waals surface area contributed by atoms with Gasteiger partial charge in [-0.1, -0.05) is 37.3 Å². The molecule has 1 aliphatic heterocycles. The van der Waals surface area contributed by atoms with Crippen LogP contribution >= 0.6 is 0 Å². The van der Waals surface area contributed by atoms with Crippen LogP contribution in [0, 0.1) is 5.92 Å². The van der Waals surface area contributed by atoms with Crippen LogP contribution in [0.2, 0.25) is 0 Å². The van der Waals surface area contributed by atoms with Crippen molar-refractivity contribution in [3.63, 3.8) is 0 Å². The summed E-state index contributed by atoms with van der Waals surface area (Å²) in [6.45, 7) is 4.46. The van der Waals surface area contributed by atoms with Crippen LogP contribution in [-0.2, 0) is 34.2 Å². The number of carbonyl (C=O) groups excluding carboxylic acids is 1. The molecule has 3 aromatic rings. The number of nitrogens with zero attached hydrogens (tertiary/aromatic N) is 3. The van der Waals surface area contributed by atoms with Gasteiger partial charge in [-0.3, -0.25) is 4.79 Å². The van der Waals surface area contributed by atoms with Crippen LogP contribution in [0.3, 0.4) is 0 Å². The zero-order valence-electron chi connectivity index (χ0n) is 19.1. The standard InChI is InChI=1S/C25H32N4O3S/c1-2-14-29-23-9-8-21(33(26,31)32)18-22(23)27-24(29)10-11-25(30)28-15-12-20(13-16-28)17-19-6-4-3-5-7-19/h3-9,18,20H,2,10-17H2,1H3,(H2,26,31,32). The first-order valence-corrected chi connectivity index (χ1v) is 13.2. The van der Waals surface area contributed by atoms with Gasteiger partial charge in [0.15, 0.2) is 0 Å². The Kier molecular flexibility index (Phi) is 7.14. The second kappa shape index (κ2) is 10.1. The van der Waals surface area contributed by atoms with E-state index in [0.29, 0.717) is 24.3 Å². The van der Waals surface area contributed by atoms with E-state index < -0.39 is 10.0 Å². The molecular formula is C25H32N4O3S. The Balaban J connectivity index is 1.38. The van der Waals surface area contributed by atoms with Crippen molar-refractivity contribution >= 4 is 27.0 Å². The number of aromatic nitrogens is 2. The van der Waals surface area contributed by atoms with Gasteiger partial charge in [-0.2, -0.15) is 0 Å². The maximum Gasteiger partial charge on any atom is 0.238 e. The first-order chi connectivity index (χ1) is 15.8. The lowest BCUT2D eigenvalue weighted by molar-refractivity contribution is -0.132. The number of carbonyl (C=O) groups is 1. The number of piperidine rings is 1. The lowest BCUT2D eigenvalue weighted by Crippen LogP contribution is -2.39. The quantitative estimate of drug-likeness (QED) is 0.547. The lowest BCUT2D eigenvalue weighted by Gasteiger charge is -2.32. The number of sulfonamides is 1. The van der Waals surface area contributed by atoms with E-state index >= 15 is 0 Å². The molecule has 2 N–H and O–H groups in total. The molecule has 33 heavy (non-hydrogen) atoms. The van der Waals surface area contributed by atoms with Gasteiger partial charge in [-0.05, 0) is 55.4 Å². The maximum atomic E-state index is 12.9. The summed E-state index contributed by atoms with van der Waals surface area (Å²) in [5.74, 6) is 1.59. The Bertz CT molecular complexity index is 1210. The van der Waals surface area contributed by atoms with Gasteiger partial charge >= 0.3 is 0 Å². The van der Waals surface area contributed by atoms with Gasteiger partial charge in [0.05, 0.1) is 15.9 Å². The predicted molar refractivity (Wildman–Crippen MR) is 129 cm³/mol. The first kappa shape index (κ1) is 23.4. The van der Waals surface area contributed by atoms with E-state index in [4.69, 9.17) is 5.14 Å². The number of fused-ring (bicyclic) bond motifs is 1. The summed E-state index contributed by atoms with van der Waals surface area (Å²) in [6.07, 6.45) is 4.99. The van der Waals surface area contributed by atoms with E-state index in [1.54, 1.807) is 6.07 Å². The van der Waals surface area contributed by atoms with E-state index in [1.165, 1.54) is 17.7 Å². The van der Waals surface area contributed by atoms with Crippen molar-refractivity contribution in [2.75, 3.05) is 13.1 Å². The van der Waals surface area contributed by atoms with Crippen LogP contribution in [0.1, 0.15) is 44.0 Å². The highest BCUT2D eigenvalue weighted by Crippen LogP contribution is 2.24. The summed E-state index contributed by atoms with van der Waals surface area (Å²) in [5.41, 5.74) is 2.83. The van der Waals surface area contributed by atoms with E-state index in [2.05, 4.69) is 40.7 Å². The molecule has 1 amide bonds. The lowest BCUT2D eigenvalue weighted by atomic mass is 9.90. The maximum absolute atomic E-state index is 12.9. The molecule has 0 atom stereocenters. The van der Waals surface area contributed by atoms with Gasteiger partial charge in [0, 0.05) is 32.5 Å². The summed E-state index contributed by atoms with van der Waals surface area (Å²) in [5, 5.41) is 5.27. The normalized spacial score (nSPS) is 15.3. The Labute approximate surface area is 195 Å². The minimum atomic E-state index is -3.79. The number of benzene rings is 2. The fourth-order valence-corrected chi connectivity index (χ4v) is 5.24. The van der Waals surface area contributed by atoms with Crippen LogP contribution in [-0.4, -0.2) is 41.9 Å². The van der Waals surface area contributed by atoms with Gasteiger partial charge in [-0.15, -0.1) is 0 Å². The number of hydrogen-bond acceptors (Lipinski definition) is 4. The third-order valence-electron chi connectivity index (χ3n) is 6.47. The van der Waals surface area contributed by atoms with Gasteiger partial charge in [0.25, 0.3) is 0 Å². The average Bonchev–Trinajstić information content (AvgIpc) is 3.15. The first-order valence-electron chi connectivity index (χ1n) is 11.7. The van der Waals surface area contributed by atoms with Crippen LogP contribution in [0.5, 0.6) is 0 Å². The third kappa shape index (κ3) is 5.62. The number of amides is 1. The summed E-state index contributed by atoms with van der Waals surface area (Å²) >= 11 is 0. The molecule has 0 aliphatic carbocycles. The summed E-state index contributed by atoms with van der Waals surface area (Å²) in [6, 6.07) is 15.3. The molecule has 0 saturated carbocycles. The molecule has 0 bridgehead atoms. The second-order valence-electron chi connectivity index (χ2n) is 8.89. The number of primary sulfonamides is 1. The van der Waals surface area contributed by atoms with Crippen LogP contribution in [0.4, 0.5) is 0 Å². The molecule has 176 valence electrons. The number of hydrogen-bond donors (Lipinski definition) is 1. The second-order valence-corrected chi connectivity index (χ2v) is 10.5. The SMILES string of the molecule is CCCn1c(CCC(=O)N2CCC(Cc3ccccc3)CC2)nc2cc(S(N)(=O)=O)ccc21. The predicted octanol–water partition coefficient (Wildman–Crippen LogP) is 3.51. The van der Waals surface area contributed by atoms with Gasteiger partial charge in [-0.25, -0.2) is 18.5 Å². The fourth-order valence-electron chi connectivity index (χ4n) is 4.71. The van der Waals surface area contributed by atoms with Crippen LogP contribution in [0.15, 0.2) is 53.4 Å². The Morgan fingerprint density at radius 3 is 2.52 bits per heavy atom. The molecule has 7 nitrogen and oxygen atoms in total. The van der Waals surface area contributed by atoms with Crippen molar-refractivity contribution in [2.45, 2.75) is 56.9 Å². The van der Waals surface area contributed by atoms with Crippen molar-refractivity contribution in [1.82, 2.24) is 14.5 Å². The minimum absolute atomic E-state index is 0.0529. The van der Waals surface area contributed by atoms with Gasteiger partial charge in [0.2, 0.25) is 15.9 Å².